The number of esters is 1. The predicted molar refractivity (Wildman–Crippen MR) is 63.8 cm³/mol. The van der Waals surface area contributed by atoms with Crippen molar-refractivity contribution in [1.82, 2.24) is 0 Å². The minimum Gasteiger partial charge on any atom is -0.454 e. The van der Waals surface area contributed by atoms with Crippen molar-refractivity contribution >= 4 is 5.97 Å². The summed E-state index contributed by atoms with van der Waals surface area (Å²) in [5, 5.41) is 0. The summed E-state index contributed by atoms with van der Waals surface area (Å²) in [5.41, 5.74) is 1.79. The summed E-state index contributed by atoms with van der Waals surface area (Å²) >= 11 is 0. The Hall–Kier alpha value is -1.31. The Kier molecular flexibility index (Phi) is 2.53. The van der Waals surface area contributed by atoms with Gasteiger partial charge in [-0.2, -0.15) is 0 Å². The van der Waals surface area contributed by atoms with Crippen molar-refractivity contribution < 1.29 is 9.53 Å². The summed E-state index contributed by atoms with van der Waals surface area (Å²) in [7, 11) is 0. The van der Waals surface area contributed by atoms with E-state index in [0.29, 0.717) is 0 Å². The molecule has 2 rings (SSSR count). The minimum atomic E-state index is -0.173. The third-order valence-corrected chi connectivity index (χ3v) is 3.02. The molecular formula is C14H18O2. The van der Waals surface area contributed by atoms with Crippen LogP contribution in [0, 0.1) is 11.3 Å². The summed E-state index contributed by atoms with van der Waals surface area (Å²) < 4.78 is 5.46. The van der Waals surface area contributed by atoms with Gasteiger partial charge < -0.3 is 4.74 Å². The minimum absolute atomic E-state index is 0.108. The number of ether oxygens (including phenoxy) is 1. The van der Waals surface area contributed by atoms with Crippen LogP contribution in [0.15, 0.2) is 35.5 Å². The molecular weight excluding hydrogens is 200 g/mol. The molecule has 0 saturated carbocycles. The number of allylic oxidation sites excluding steroid dienone is 2. The fraction of sp³-hybridized carbons (Fsp3) is 0.500. The zero-order valence-electron chi connectivity index (χ0n) is 10.3. The van der Waals surface area contributed by atoms with Crippen LogP contribution in [0.25, 0.3) is 0 Å². The molecule has 16 heavy (non-hydrogen) atoms. The Morgan fingerprint density at radius 2 is 1.94 bits per heavy atom. The zero-order valence-corrected chi connectivity index (χ0v) is 10.3. The normalized spacial score (nSPS) is 29.1. The van der Waals surface area contributed by atoms with E-state index in [2.05, 4.69) is 18.2 Å². The molecule has 0 radical (unpaired) electrons. The monoisotopic (exact) mass is 218 g/mol. The molecule has 0 saturated heterocycles. The average Bonchev–Trinajstić information content (AvgIpc) is 2.14. The van der Waals surface area contributed by atoms with Crippen molar-refractivity contribution in [2.24, 2.45) is 11.3 Å². The fourth-order valence-corrected chi connectivity index (χ4v) is 2.06. The van der Waals surface area contributed by atoms with Crippen LogP contribution < -0.4 is 0 Å². The smallest absolute Gasteiger partial charge is 0.334 e. The Morgan fingerprint density at radius 1 is 1.25 bits per heavy atom. The molecule has 2 atom stereocenters. The summed E-state index contributed by atoms with van der Waals surface area (Å²) in [6.45, 7) is 8.12. The molecule has 1 aliphatic carbocycles. The molecule has 0 aromatic rings. The van der Waals surface area contributed by atoms with Crippen molar-refractivity contribution in [3.05, 3.63) is 35.5 Å². The molecule has 2 heteroatoms. The van der Waals surface area contributed by atoms with E-state index in [9.17, 15) is 4.79 Å². The van der Waals surface area contributed by atoms with Gasteiger partial charge in [0.1, 0.15) is 6.10 Å². The van der Waals surface area contributed by atoms with E-state index in [1.807, 2.05) is 33.8 Å². The SMILES string of the molecule is CC1=CC2OC(=O)C(C(C)(C)C)=CC2C=C1. The maximum Gasteiger partial charge on any atom is 0.334 e. The number of hydrogen-bond acceptors (Lipinski definition) is 2. The lowest BCUT2D eigenvalue weighted by Gasteiger charge is -2.33. The Balaban J connectivity index is 2.34. The first kappa shape index (κ1) is 11.2. The first-order valence-corrected chi connectivity index (χ1v) is 5.68. The number of rotatable bonds is 0. The predicted octanol–water partition coefficient (Wildman–Crippen LogP) is 3.02. The number of carbonyl (C=O) groups is 1. The van der Waals surface area contributed by atoms with Crippen LogP contribution in [0.2, 0.25) is 0 Å². The van der Waals surface area contributed by atoms with Crippen LogP contribution in [0.1, 0.15) is 27.7 Å². The van der Waals surface area contributed by atoms with E-state index in [0.717, 1.165) is 11.1 Å². The molecule has 0 amide bonds. The molecule has 0 aromatic heterocycles. The van der Waals surface area contributed by atoms with Gasteiger partial charge in [-0.1, -0.05) is 44.6 Å². The van der Waals surface area contributed by atoms with Gasteiger partial charge in [-0.15, -0.1) is 0 Å². The lowest BCUT2D eigenvalue weighted by atomic mass is 9.80. The van der Waals surface area contributed by atoms with Crippen LogP contribution in [-0.4, -0.2) is 12.1 Å². The summed E-state index contributed by atoms with van der Waals surface area (Å²) in [6, 6.07) is 0. The molecule has 2 unspecified atom stereocenters. The van der Waals surface area contributed by atoms with E-state index < -0.39 is 0 Å². The Morgan fingerprint density at radius 3 is 2.56 bits per heavy atom. The summed E-state index contributed by atoms with van der Waals surface area (Å²) in [5.74, 6) is 0.0312. The van der Waals surface area contributed by atoms with Gasteiger partial charge >= 0.3 is 5.97 Å². The maximum absolute atomic E-state index is 11.9. The molecule has 0 spiro atoms. The molecule has 2 aliphatic rings. The largest absolute Gasteiger partial charge is 0.454 e. The topological polar surface area (TPSA) is 26.3 Å². The Bertz CT molecular complexity index is 405. The van der Waals surface area contributed by atoms with Gasteiger partial charge in [0, 0.05) is 11.5 Å². The van der Waals surface area contributed by atoms with E-state index in [4.69, 9.17) is 4.74 Å². The molecule has 86 valence electrons. The highest BCUT2D eigenvalue weighted by atomic mass is 16.5. The fourth-order valence-electron chi connectivity index (χ4n) is 2.06. The van der Waals surface area contributed by atoms with Gasteiger partial charge in [0.25, 0.3) is 0 Å². The van der Waals surface area contributed by atoms with Crippen LogP contribution in [0.4, 0.5) is 0 Å². The molecule has 1 aliphatic heterocycles. The van der Waals surface area contributed by atoms with E-state index in [1.165, 1.54) is 0 Å². The number of fused-ring (bicyclic) bond motifs is 1. The highest BCUT2D eigenvalue weighted by Gasteiger charge is 2.34. The molecule has 0 aromatic carbocycles. The van der Waals surface area contributed by atoms with Crippen molar-refractivity contribution in [2.45, 2.75) is 33.8 Å². The lowest BCUT2D eigenvalue weighted by Crippen LogP contribution is -2.34. The van der Waals surface area contributed by atoms with Gasteiger partial charge in [-0.25, -0.2) is 4.79 Å². The first-order valence-electron chi connectivity index (χ1n) is 5.68. The van der Waals surface area contributed by atoms with Gasteiger partial charge in [-0.05, 0) is 18.4 Å². The summed E-state index contributed by atoms with van der Waals surface area (Å²) in [4.78, 5) is 11.9. The molecule has 0 bridgehead atoms. The molecule has 1 heterocycles. The highest BCUT2D eigenvalue weighted by Crippen LogP contribution is 2.35. The van der Waals surface area contributed by atoms with E-state index in [-0.39, 0.29) is 23.4 Å². The second-order valence-electron chi connectivity index (χ2n) is 5.55. The van der Waals surface area contributed by atoms with Crippen LogP contribution >= 0.6 is 0 Å². The van der Waals surface area contributed by atoms with Crippen molar-refractivity contribution in [2.75, 3.05) is 0 Å². The first-order chi connectivity index (χ1) is 7.38. The van der Waals surface area contributed by atoms with Crippen molar-refractivity contribution in [3.63, 3.8) is 0 Å². The van der Waals surface area contributed by atoms with Crippen molar-refractivity contribution in [3.8, 4) is 0 Å². The van der Waals surface area contributed by atoms with Crippen molar-refractivity contribution in [1.29, 1.82) is 0 Å². The van der Waals surface area contributed by atoms with Crippen LogP contribution in [0.3, 0.4) is 0 Å². The number of hydrogen-bond donors (Lipinski definition) is 0. The van der Waals surface area contributed by atoms with E-state index >= 15 is 0 Å². The van der Waals surface area contributed by atoms with Crippen LogP contribution in [0.5, 0.6) is 0 Å². The molecule has 0 N–H and O–H groups in total. The third kappa shape index (κ3) is 1.97. The van der Waals surface area contributed by atoms with Gasteiger partial charge in [-0.3, -0.25) is 0 Å². The molecule has 2 nitrogen and oxygen atoms in total. The zero-order chi connectivity index (χ0) is 11.9. The highest BCUT2D eigenvalue weighted by molar-refractivity contribution is 5.91. The average molecular weight is 218 g/mol. The summed E-state index contributed by atoms with van der Waals surface area (Å²) in [6.07, 6.45) is 8.15. The third-order valence-electron chi connectivity index (χ3n) is 3.02. The van der Waals surface area contributed by atoms with Gasteiger partial charge in [0.15, 0.2) is 0 Å². The van der Waals surface area contributed by atoms with Gasteiger partial charge in [0.2, 0.25) is 0 Å². The molecule has 0 fully saturated rings. The number of carbonyl (C=O) groups excluding carboxylic acids is 1. The Labute approximate surface area is 96.7 Å². The van der Waals surface area contributed by atoms with Gasteiger partial charge in [0.05, 0.1) is 0 Å². The quantitative estimate of drug-likeness (QED) is 0.584. The maximum atomic E-state index is 11.9. The lowest BCUT2D eigenvalue weighted by molar-refractivity contribution is -0.145. The van der Waals surface area contributed by atoms with Crippen LogP contribution in [-0.2, 0) is 9.53 Å². The standard InChI is InChI=1S/C14H18O2/c1-9-5-6-10-8-11(14(2,3)4)13(15)16-12(10)7-9/h5-8,10,12H,1-4H3. The second kappa shape index (κ2) is 3.62. The van der Waals surface area contributed by atoms with E-state index in [1.54, 1.807) is 0 Å². The second-order valence-corrected chi connectivity index (χ2v) is 5.55.